The predicted octanol–water partition coefficient (Wildman–Crippen LogP) is 4.95. The number of para-hydroxylation sites is 2. The molecule has 8 heteroatoms. The minimum absolute atomic E-state index is 0.0797. The van der Waals surface area contributed by atoms with E-state index >= 15 is 0 Å². The van der Waals surface area contributed by atoms with Crippen LogP contribution in [0.25, 0.3) is 21.8 Å². The van der Waals surface area contributed by atoms with Crippen molar-refractivity contribution in [1.29, 1.82) is 0 Å². The molecule has 1 aromatic carbocycles. The van der Waals surface area contributed by atoms with Gasteiger partial charge in [-0.1, -0.05) is 12.1 Å². The van der Waals surface area contributed by atoms with Gasteiger partial charge in [-0.3, -0.25) is 9.59 Å². The zero-order valence-electron chi connectivity index (χ0n) is 17.1. The van der Waals surface area contributed by atoms with Gasteiger partial charge in [0.1, 0.15) is 4.83 Å². The van der Waals surface area contributed by atoms with E-state index in [2.05, 4.69) is 15.3 Å². The Labute approximate surface area is 182 Å². The average Bonchev–Trinajstić information content (AvgIpc) is 3.49. The Bertz CT molecular complexity index is 1310. The summed E-state index contributed by atoms with van der Waals surface area (Å²) in [5.74, 6) is 0.946. The molecule has 7 nitrogen and oxygen atoms in total. The van der Waals surface area contributed by atoms with Crippen LogP contribution in [0.15, 0.2) is 47.1 Å². The van der Waals surface area contributed by atoms with Crippen molar-refractivity contribution in [3.05, 3.63) is 58.8 Å². The molecule has 0 bridgehead atoms. The summed E-state index contributed by atoms with van der Waals surface area (Å²) in [6.45, 7) is 4.48. The van der Waals surface area contributed by atoms with E-state index in [1.807, 2.05) is 44.2 Å². The number of furan rings is 1. The average molecular weight is 433 g/mol. The van der Waals surface area contributed by atoms with Crippen LogP contribution < -0.4 is 10.2 Å². The molecule has 1 aliphatic heterocycles. The highest BCUT2D eigenvalue weighted by Gasteiger charge is 2.25. The maximum absolute atomic E-state index is 13.2. The Morgan fingerprint density at radius 1 is 1.16 bits per heavy atom. The number of aryl methyl sites for hydroxylation is 2. The molecule has 0 unspecified atom stereocenters. The number of amides is 2. The summed E-state index contributed by atoms with van der Waals surface area (Å²) in [7, 11) is 0. The summed E-state index contributed by atoms with van der Waals surface area (Å²) in [4.78, 5) is 37.7. The molecule has 2 amide bonds. The molecule has 4 aromatic rings. The Morgan fingerprint density at radius 3 is 2.74 bits per heavy atom. The summed E-state index contributed by atoms with van der Waals surface area (Å²) < 4.78 is 5.43. The zero-order chi connectivity index (χ0) is 21.5. The summed E-state index contributed by atoms with van der Waals surface area (Å²) in [6, 6.07) is 11.0. The van der Waals surface area contributed by atoms with Crippen LogP contribution in [0.2, 0.25) is 0 Å². The third kappa shape index (κ3) is 3.38. The lowest BCUT2D eigenvalue weighted by molar-refractivity contribution is -0.117. The van der Waals surface area contributed by atoms with Crippen LogP contribution in [-0.4, -0.2) is 28.3 Å². The van der Waals surface area contributed by atoms with Gasteiger partial charge in [0.25, 0.3) is 5.91 Å². The van der Waals surface area contributed by atoms with E-state index in [0.717, 1.165) is 33.6 Å². The highest BCUT2D eigenvalue weighted by atomic mass is 32.1. The van der Waals surface area contributed by atoms with Gasteiger partial charge in [0.2, 0.25) is 5.91 Å². The Hall–Kier alpha value is -3.52. The second kappa shape index (κ2) is 7.63. The minimum Gasteiger partial charge on any atom is -0.461 e. The van der Waals surface area contributed by atoms with Crippen molar-refractivity contribution in [2.24, 2.45) is 0 Å². The number of carbonyl (C=O) groups is 2. The van der Waals surface area contributed by atoms with E-state index in [0.29, 0.717) is 35.1 Å². The number of aromatic nitrogens is 2. The van der Waals surface area contributed by atoms with E-state index < -0.39 is 0 Å². The topological polar surface area (TPSA) is 88.3 Å². The second-order valence-corrected chi connectivity index (χ2v) is 8.47. The fraction of sp³-hybridized carbons (Fsp3) is 0.217. The van der Waals surface area contributed by atoms with Crippen LogP contribution >= 0.6 is 11.3 Å². The molecular weight excluding hydrogens is 412 g/mol. The van der Waals surface area contributed by atoms with Gasteiger partial charge in [0.15, 0.2) is 11.6 Å². The van der Waals surface area contributed by atoms with Crippen LogP contribution in [-0.2, 0) is 4.79 Å². The number of anilines is 2. The first-order valence-electron chi connectivity index (χ1n) is 10.1. The number of nitrogens with zero attached hydrogens (tertiary/aromatic N) is 3. The number of rotatable bonds is 4. The third-order valence-electron chi connectivity index (χ3n) is 5.44. The third-order valence-corrected chi connectivity index (χ3v) is 6.62. The Morgan fingerprint density at radius 2 is 2.00 bits per heavy atom. The molecule has 31 heavy (non-hydrogen) atoms. The lowest BCUT2D eigenvalue weighted by Crippen LogP contribution is -2.25. The van der Waals surface area contributed by atoms with E-state index in [1.165, 1.54) is 11.3 Å². The summed E-state index contributed by atoms with van der Waals surface area (Å²) in [5.41, 5.74) is 3.00. The summed E-state index contributed by atoms with van der Waals surface area (Å²) in [5, 5.41) is 3.88. The Kier molecular flexibility index (Phi) is 4.78. The van der Waals surface area contributed by atoms with Crippen LogP contribution in [0, 0.1) is 13.8 Å². The molecule has 1 fully saturated rings. The van der Waals surface area contributed by atoms with Crippen LogP contribution in [0.3, 0.4) is 0 Å². The van der Waals surface area contributed by atoms with E-state index in [-0.39, 0.29) is 11.8 Å². The van der Waals surface area contributed by atoms with Crippen molar-refractivity contribution >= 4 is 44.7 Å². The number of hydrogen-bond acceptors (Lipinski definition) is 6. The van der Waals surface area contributed by atoms with Gasteiger partial charge in [-0.15, -0.1) is 11.3 Å². The first kappa shape index (κ1) is 19.4. The number of nitrogens with one attached hydrogen (secondary N) is 1. The highest BCUT2D eigenvalue weighted by Crippen LogP contribution is 2.35. The van der Waals surface area contributed by atoms with Crippen LogP contribution in [0.5, 0.6) is 0 Å². The van der Waals surface area contributed by atoms with Crippen molar-refractivity contribution in [2.45, 2.75) is 26.7 Å². The molecule has 5 rings (SSSR count). The molecule has 0 aliphatic carbocycles. The maximum atomic E-state index is 13.2. The number of hydrogen-bond donors (Lipinski definition) is 1. The van der Waals surface area contributed by atoms with Gasteiger partial charge in [-0.05, 0) is 50.1 Å². The molecular formula is C23H20N4O3S. The van der Waals surface area contributed by atoms with Crippen molar-refractivity contribution in [3.63, 3.8) is 0 Å². The molecule has 1 N–H and O–H groups in total. The van der Waals surface area contributed by atoms with Crippen LogP contribution in [0.1, 0.15) is 33.8 Å². The van der Waals surface area contributed by atoms with Crippen molar-refractivity contribution in [1.82, 2.24) is 9.97 Å². The second-order valence-electron chi connectivity index (χ2n) is 7.47. The highest BCUT2D eigenvalue weighted by molar-refractivity contribution is 7.20. The zero-order valence-corrected chi connectivity index (χ0v) is 18.0. The number of thiophene rings is 1. The van der Waals surface area contributed by atoms with Crippen molar-refractivity contribution in [2.75, 3.05) is 16.8 Å². The number of fused-ring (bicyclic) bond motifs is 1. The lowest BCUT2D eigenvalue weighted by atomic mass is 10.1. The smallest absolute Gasteiger partial charge is 0.266 e. The first-order chi connectivity index (χ1) is 15.0. The molecule has 4 heterocycles. The largest absolute Gasteiger partial charge is 0.461 e. The lowest BCUT2D eigenvalue weighted by Gasteiger charge is -2.19. The molecule has 3 aromatic heterocycles. The molecule has 1 saturated heterocycles. The fourth-order valence-corrected chi connectivity index (χ4v) is 5.10. The van der Waals surface area contributed by atoms with Crippen LogP contribution in [0.4, 0.5) is 11.4 Å². The number of carbonyl (C=O) groups excluding carboxylic acids is 2. The monoisotopic (exact) mass is 432 g/mol. The summed E-state index contributed by atoms with van der Waals surface area (Å²) >= 11 is 1.33. The van der Waals surface area contributed by atoms with E-state index in [4.69, 9.17) is 4.42 Å². The van der Waals surface area contributed by atoms with Gasteiger partial charge in [-0.25, -0.2) is 9.97 Å². The van der Waals surface area contributed by atoms with Gasteiger partial charge < -0.3 is 14.6 Å². The normalized spacial score (nSPS) is 13.9. The molecule has 0 spiro atoms. The molecule has 156 valence electrons. The first-order valence-corrected chi connectivity index (χ1v) is 10.9. The standard InChI is InChI=1S/C23H20N4O3S/c1-13-19-14(2)24-21(17-9-6-12-30-17)26-23(19)31-20(13)22(29)25-15-7-3-4-8-16(15)27-11-5-10-18(27)28/h3-4,6-9,12H,5,10-11H2,1-2H3,(H,25,29). The van der Waals surface area contributed by atoms with Gasteiger partial charge >= 0.3 is 0 Å². The van der Waals surface area contributed by atoms with Crippen molar-refractivity contribution < 1.29 is 14.0 Å². The fourth-order valence-electron chi connectivity index (χ4n) is 3.97. The van der Waals surface area contributed by atoms with Gasteiger partial charge in [0.05, 0.1) is 28.2 Å². The molecule has 1 aliphatic rings. The van der Waals surface area contributed by atoms with Crippen molar-refractivity contribution in [3.8, 4) is 11.6 Å². The number of benzene rings is 1. The maximum Gasteiger partial charge on any atom is 0.266 e. The van der Waals surface area contributed by atoms with Gasteiger partial charge in [-0.2, -0.15) is 0 Å². The molecule has 0 radical (unpaired) electrons. The molecule has 0 saturated carbocycles. The van der Waals surface area contributed by atoms with E-state index in [9.17, 15) is 9.59 Å². The summed E-state index contributed by atoms with van der Waals surface area (Å²) in [6.07, 6.45) is 2.94. The Balaban J connectivity index is 1.51. The SMILES string of the molecule is Cc1nc(-c2ccco2)nc2sc(C(=O)Nc3ccccc3N3CCCC3=O)c(C)c12. The van der Waals surface area contributed by atoms with E-state index in [1.54, 1.807) is 17.2 Å². The predicted molar refractivity (Wildman–Crippen MR) is 121 cm³/mol. The van der Waals surface area contributed by atoms with Gasteiger partial charge in [0, 0.05) is 18.4 Å². The molecule has 0 atom stereocenters. The quantitative estimate of drug-likeness (QED) is 0.493. The minimum atomic E-state index is -0.224.